The maximum atomic E-state index is 2.00. The van der Waals surface area contributed by atoms with E-state index in [0.29, 0.717) is 0 Å². The van der Waals surface area contributed by atoms with Gasteiger partial charge in [0.2, 0.25) is 0 Å². The van der Waals surface area contributed by atoms with Gasteiger partial charge in [-0.05, 0) is 0 Å². The molecule has 0 aliphatic carbocycles. The highest BCUT2D eigenvalue weighted by molar-refractivity contribution is 4.84. The van der Waals surface area contributed by atoms with E-state index in [0.717, 1.165) is 0 Å². The first kappa shape index (κ1) is 38.8. The van der Waals surface area contributed by atoms with Gasteiger partial charge in [-0.25, -0.2) is 18.3 Å². The second-order valence-corrected chi connectivity index (χ2v) is 6.16. The molecule has 0 unspecified atom stereocenters. The molecule has 0 bridgehead atoms. The zero-order valence-electron chi connectivity index (χ0n) is 18.8. The number of hydrogen-bond donors (Lipinski definition) is 0. The summed E-state index contributed by atoms with van der Waals surface area (Å²) in [5.74, 6) is 0. The van der Waals surface area contributed by atoms with Crippen LogP contribution >= 0.6 is 0 Å². The Morgan fingerprint density at radius 1 is 0.250 bits per heavy atom. The lowest BCUT2D eigenvalue weighted by Crippen LogP contribution is -3.00. The number of nitrogens with zero attached hydrogens (tertiary/aromatic N) is 4. The molecular weight excluding hydrogens is 852 g/mol. The molecule has 4 aromatic heterocycles. The second kappa shape index (κ2) is 26.8. The van der Waals surface area contributed by atoms with Gasteiger partial charge < -0.3 is 95.9 Å². The van der Waals surface area contributed by atoms with Crippen molar-refractivity contribution in [3.8, 4) is 0 Å². The van der Waals surface area contributed by atoms with Gasteiger partial charge in [0, 0.05) is 48.5 Å². The lowest BCUT2D eigenvalue weighted by atomic mass is 10.5. The molecule has 4 rings (SSSR count). The van der Waals surface area contributed by atoms with Crippen molar-refractivity contribution in [3.63, 3.8) is 0 Å². The van der Waals surface area contributed by atoms with E-state index in [4.69, 9.17) is 0 Å². The number of pyridine rings is 4. The Morgan fingerprint density at radius 2 is 0.375 bits per heavy atom. The molecule has 4 heterocycles. The van der Waals surface area contributed by atoms with Crippen LogP contribution < -0.4 is 114 Å². The first-order chi connectivity index (χ1) is 13.6. The third kappa shape index (κ3) is 24.2. The molecule has 4 nitrogen and oxygen atoms in total. The van der Waals surface area contributed by atoms with Gasteiger partial charge in [0.05, 0.1) is 0 Å². The average Bonchev–Trinajstić information content (AvgIpc) is 2.72. The minimum absolute atomic E-state index is 0. The van der Waals surface area contributed by atoms with E-state index in [1.54, 1.807) is 0 Å². The Morgan fingerprint density at radius 3 is 0.438 bits per heavy atom. The number of aryl methyl sites for hydroxylation is 4. The van der Waals surface area contributed by atoms with Crippen molar-refractivity contribution in [3.05, 3.63) is 122 Å². The highest BCUT2D eigenvalue weighted by Gasteiger charge is 1.80. The van der Waals surface area contributed by atoms with E-state index in [2.05, 4.69) is 0 Å². The number of aromatic nitrogens is 4. The van der Waals surface area contributed by atoms with Gasteiger partial charge in [-0.15, -0.1) is 0 Å². The van der Waals surface area contributed by atoms with Gasteiger partial charge in [-0.2, -0.15) is 0 Å². The first-order valence-corrected chi connectivity index (χ1v) is 9.19. The van der Waals surface area contributed by atoms with Crippen LogP contribution in [0.3, 0.4) is 0 Å². The average molecular weight is 884 g/mol. The van der Waals surface area contributed by atoms with E-state index < -0.39 is 0 Å². The first-order valence-electron chi connectivity index (χ1n) is 9.19. The molecule has 32 heavy (non-hydrogen) atoms. The van der Waals surface area contributed by atoms with Crippen LogP contribution in [0.15, 0.2) is 122 Å². The van der Waals surface area contributed by atoms with Crippen LogP contribution in [0.25, 0.3) is 0 Å². The van der Waals surface area contributed by atoms with Crippen molar-refractivity contribution in [2.75, 3.05) is 0 Å². The summed E-state index contributed by atoms with van der Waals surface area (Å²) in [6.07, 6.45) is 16.0. The monoisotopic (exact) mass is 884 g/mol. The predicted octanol–water partition coefficient (Wildman–Crippen LogP) is -9.94. The van der Waals surface area contributed by atoms with Gasteiger partial charge in [0.25, 0.3) is 0 Å². The lowest BCUT2D eigenvalue weighted by Gasteiger charge is -1.77. The molecule has 8 heteroatoms. The summed E-state index contributed by atoms with van der Waals surface area (Å²) in [6, 6.07) is 24.0. The van der Waals surface area contributed by atoms with Crippen LogP contribution in [0, 0.1) is 0 Å². The van der Waals surface area contributed by atoms with Crippen molar-refractivity contribution >= 4 is 0 Å². The fourth-order valence-corrected chi connectivity index (χ4v) is 1.94. The smallest absolute Gasteiger partial charge is 0.168 e. The van der Waals surface area contributed by atoms with Crippen molar-refractivity contribution in [2.45, 2.75) is 0 Å². The Balaban J connectivity index is -0.000000157. The van der Waals surface area contributed by atoms with Crippen molar-refractivity contribution in [2.24, 2.45) is 28.2 Å². The van der Waals surface area contributed by atoms with Crippen molar-refractivity contribution in [1.29, 1.82) is 0 Å². The summed E-state index contributed by atoms with van der Waals surface area (Å²) in [5.41, 5.74) is 0. The summed E-state index contributed by atoms with van der Waals surface area (Å²) in [7, 11) is 8.00. The van der Waals surface area contributed by atoms with Crippen molar-refractivity contribution < 1.29 is 114 Å². The molecular formula is C24H32I4N4. The van der Waals surface area contributed by atoms with Gasteiger partial charge in [0.1, 0.15) is 28.2 Å². The Hall–Kier alpha value is -0.480. The van der Waals surface area contributed by atoms with Crippen LogP contribution in [0.1, 0.15) is 0 Å². The molecule has 0 aliphatic heterocycles. The molecule has 0 fully saturated rings. The van der Waals surface area contributed by atoms with Crippen LogP contribution in [-0.4, -0.2) is 0 Å². The van der Waals surface area contributed by atoms with Gasteiger partial charge >= 0.3 is 0 Å². The fourth-order valence-electron chi connectivity index (χ4n) is 1.94. The Labute approximate surface area is 261 Å². The van der Waals surface area contributed by atoms with Crippen LogP contribution in [-0.2, 0) is 28.2 Å². The van der Waals surface area contributed by atoms with Gasteiger partial charge in [-0.1, -0.05) is 24.3 Å². The van der Waals surface area contributed by atoms with Crippen LogP contribution in [0.2, 0.25) is 0 Å². The zero-order chi connectivity index (χ0) is 20.5. The highest BCUT2D eigenvalue weighted by Crippen LogP contribution is 1.73. The number of rotatable bonds is 0. The lowest BCUT2D eigenvalue weighted by molar-refractivity contribution is -0.671. The van der Waals surface area contributed by atoms with E-state index in [9.17, 15) is 0 Å². The number of hydrogen-bond acceptors (Lipinski definition) is 0. The van der Waals surface area contributed by atoms with Gasteiger partial charge in [-0.3, -0.25) is 0 Å². The second-order valence-electron chi connectivity index (χ2n) is 6.16. The highest BCUT2D eigenvalue weighted by atomic mass is 127. The third-order valence-electron chi connectivity index (χ3n) is 3.46. The summed E-state index contributed by atoms with van der Waals surface area (Å²) >= 11 is 0. The minimum Gasteiger partial charge on any atom is -1.00 e. The predicted molar refractivity (Wildman–Crippen MR) is 110 cm³/mol. The van der Waals surface area contributed by atoms with E-state index >= 15 is 0 Å². The normalized spacial score (nSPS) is 7.62. The van der Waals surface area contributed by atoms with Crippen molar-refractivity contribution in [1.82, 2.24) is 0 Å². The molecule has 4 aromatic rings. The molecule has 0 saturated heterocycles. The standard InChI is InChI=1S/4C6H8N.4HI/c4*1-7-5-3-2-4-6-7;;;;/h4*2-6H,1H3;4*1H/q4*+1;;;;/p-4. The molecule has 0 radical (unpaired) electrons. The minimum atomic E-state index is 0. The molecule has 0 saturated carbocycles. The molecule has 0 N–H and O–H groups in total. The zero-order valence-corrected chi connectivity index (χ0v) is 27.5. The fraction of sp³-hybridized carbons (Fsp3) is 0.167. The van der Waals surface area contributed by atoms with E-state index in [-0.39, 0.29) is 95.9 Å². The van der Waals surface area contributed by atoms with E-state index in [1.165, 1.54) is 0 Å². The maximum absolute atomic E-state index is 2.00. The molecule has 0 spiro atoms. The quantitative estimate of drug-likeness (QED) is 0.124. The Bertz CT molecular complexity index is 704. The molecule has 0 amide bonds. The number of halogens is 4. The van der Waals surface area contributed by atoms with Gasteiger partial charge in [0.15, 0.2) is 49.6 Å². The topological polar surface area (TPSA) is 15.5 Å². The van der Waals surface area contributed by atoms with Crippen LogP contribution in [0.5, 0.6) is 0 Å². The molecule has 0 atom stereocenters. The summed E-state index contributed by atoms with van der Waals surface area (Å²) in [4.78, 5) is 0. The maximum Gasteiger partial charge on any atom is 0.168 e. The molecule has 0 aliphatic rings. The SMILES string of the molecule is C[n+]1ccccc1.C[n+]1ccccc1.C[n+]1ccccc1.C[n+]1ccccc1.[I-].[I-].[I-].[I-]. The Kier molecular flexibility index (Phi) is 32.4. The van der Waals surface area contributed by atoms with Crippen LogP contribution in [0.4, 0.5) is 0 Å². The van der Waals surface area contributed by atoms with E-state index in [1.807, 2.05) is 169 Å². The summed E-state index contributed by atoms with van der Waals surface area (Å²) < 4.78 is 8.00. The largest absolute Gasteiger partial charge is 1.00 e. The third-order valence-corrected chi connectivity index (χ3v) is 3.46. The molecule has 176 valence electrons. The summed E-state index contributed by atoms with van der Waals surface area (Å²) in [5, 5.41) is 0. The summed E-state index contributed by atoms with van der Waals surface area (Å²) in [6.45, 7) is 0. The molecule has 0 aromatic carbocycles.